The average molecular weight is 338 g/mol. The first-order valence-electron chi connectivity index (χ1n) is 8.72. The summed E-state index contributed by atoms with van der Waals surface area (Å²) in [7, 11) is 0. The maximum absolute atomic E-state index is 12.8. The van der Waals surface area contributed by atoms with E-state index in [0.717, 1.165) is 18.5 Å². The maximum atomic E-state index is 12.8. The molecular formula is C20H22N2O3. The van der Waals surface area contributed by atoms with E-state index in [4.69, 9.17) is 0 Å². The number of hydrogen-bond donors (Lipinski definition) is 2. The zero-order valence-electron chi connectivity index (χ0n) is 14.0. The van der Waals surface area contributed by atoms with Crippen LogP contribution in [0.4, 0.5) is 0 Å². The number of phenols is 1. The molecule has 0 radical (unpaired) electrons. The van der Waals surface area contributed by atoms with Gasteiger partial charge >= 0.3 is 0 Å². The third-order valence-electron chi connectivity index (χ3n) is 5.21. The lowest BCUT2D eigenvalue weighted by molar-refractivity contribution is 0.0297. The Kier molecular flexibility index (Phi) is 4.19. The van der Waals surface area contributed by atoms with E-state index in [1.54, 1.807) is 11.0 Å². The molecule has 130 valence electrons. The van der Waals surface area contributed by atoms with Crippen LogP contribution in [-0.2, 0) is 0 Å². The van der Waals surface area contributed by atoms with Gasteiger partial charge in [0.05, 0.1) is 11.7 Å². The topological polar surface area (TPSA) is 64.0 Å². The summed E-state index contributed by atoms with van der Waals surface area (Å²) >= 11 is 0. The van der Waals surface area contributed by atoms with Crippen LogP contribution in [-0.4, -0.2) is 64.2 Å². The molecule has 2 heterocycles. The van der Waals surface area contributed by atoms with E-state index < -0.39 is 0 Å². The molecule has 5 heteroatoms. The van der Waals surface area contributed by atoms with Gasteiger partial charge in [0.1, 0.15) is 5.75 Å². The predicted octanol–water partition coefficient (Wildman–Crippen LogP) is 1.95. The number of aliphatic hydroxyl groups is 1. The molecule has 1 amide bonds. The first-order valence-corrected chi connectivity index (χ1v) is 8.72. The molecule has 4 rings (SSSR count). The third kappa shape index (κ3) is 3.01. The van der Waals surface area contributed by atoms with Crippen LogP contribution in [0.15, 0.2) is 48.5 Å². The van der Waals surface area contributed by atoms with Crippen molar-refractivity contribution in [2.75, 3.05) is 26.2 Å². The van der Waals surface area contributed by atoms with Crippen molar-refractivity contribution in [3.63, 3.8) is 0 Å². The SMILES string of the molecule is O=C(c1cccc(-c2ccccc2)c1O)N1CC(N2CCC(O)C2)C1. The van der Waals surface area contributed by atoms with Crippen LogP contribution in [0, 0.1) is 0 Å². The Balaban J connectivity index is 1.48. The minimum Gasteiger partial charge on any atom is -0.506 e. The average Bonchev–Trinajstić information content (AvgIpc) is 3.00. The first kappa shape index (κ1) is 16.1. The number of rotatable bonds is 3. The number of carbonyl (C=O) groups excluding carboxylic acids is 1. The molecule has 0 bridgehead atoms. The molecule has 2 aliphatic rings. The van der Waals surface area contributed by atoms with Gasteiger partial charge in [0.15, 0.2) is 0 Å². The molecule has 0 spiro atoms. The smallest absolute Gasteiger partial charge is 0.257 e. The lowest BCUT2D eigenvalue weighted by Crippen LogP contribution is -2.60. The minimum atomic E-state index is -0.239. The van der Waals surface area contributed by atoms with E-state index in [2.05, 4.69) is 4.90 Å². The molecule has 2 N–H and O–H groups in total. The van der Waals surface area contributed by atoms with Crippen molar-refractivity contribution in [3.05, 3.63) is 54.1 Å². The van der Waals surface area contributed by atoms with Gasteiger partial charge in [-0.2, -0.15) is 0 Å². The summed E-state index contributed by atoms with van der Waals surface area (Å²) in [5, 5.41) is 20.2. The molecule has 1 unspecified atom stereocenters. The summed E-state index contributed by atoms with van der Waals surface area (Å²) in [6.07, 6.45) is 0.570. The van der Waals surface area contributed by atoms with Crippen LogP contribution in [0.2, 0.25) is 0 Å². The fraction of sp³-hybridized carbons (Fsp3) is 0.350. The highest BCUT2D eigenvalue weighted by Crippen LogP contribution is 2.33. The van der Waals surface area contributed by atoms with Crippen LogP contribution in [0.25, 0.3) is 11.1 Å². The number of aromatic hydroxyl groups is 1. The van der Waals surface area contributed by atoms with Gasteiger partial charge in [-0.15, -0.1) is 0 Å². The second kappa shape index (κ2) is 6.50. The second-order valence-corrected chi connectivity index (χ2v) is 6.87. The number of benzene rings is 2. The van der Waals surface area contributed by atoms with Crippen molar-refractivity contribution in [2.45, 2.75) is 18.6 Å². The van der Waals surface area contributed by atoms with Gasteiger partial charge in [0, 0.05) is 37.8 Å². The van der Waals surface area contributed by atoms with Gasteiger partial charge in [0.25, 0.3) is 5.91 Å². The number of likely N-dealkylation sites (tertiary alicyclic amines) is 2. The normalized spacial score (nSPS) is 21.3. The fourth-order valence-electron chi connectivity index (χ4n) is 3.69. The summed E-state index contributed by atoms with van der Waals surface area (Å²) in [6, 6.07) is 15.2. The molecule has 0 aliphatic carbocycles. The Morgan fingerprint density at radius 3 is 2.44 bits per heavy atom. The zero-order valence-corrected chi connectivity index (χ0v) is 14.0. The monoisotopic (exact) mass is 338 g/mol. The fourth-order valence-corrected chi connectivity index (χ4v) is 3.69. The molecular weight excluding hydrogens is 316 g/mol. The van der Waals surface area contributed by atoms with E-state index >= 15 is 0 Å². The Bertz CT molecular complexity index is 772. The molecule has 5 nitrogen and oxygen atoms in total. The first-order chi connectivity index (χ1) is 12.1. The van der Waals surface area contributed by atoms with Gasteiger partial charge in [-0.05, 0) is 18.1 Å². The maximum Gasteiger partial charge on any atom is 0.257 e. The Labute approximate surface area is 147 Å². The van der Waals surface area contributed by atoms with Gasteiger partial charge in [-0.3, -0.25) is 9.69 Å². The molecule has 0 saturated carbocycles. The molecule has 2 aromatic carbocycles. The Morgan fingerprint density at radius 2 is 1.76 bits per heavy atom. The van der Waals surface area contributed by atoms with Crippen molar-refractivity contribution >= 4 is 5.91 Å². The molecule has 2 saturated heterocycles. The number of amides is 1. The molecule has 2 aliphatic heterocycles. The molecule has 0 aromatic heterocycles. The number of carbonyl (C=O) groups is 1. The number of hydrogen-bond acceptors (Lipinski definition) is 4. The van der Waals surface area contributed by atoms with E-state index in [1.807, 2.05) is 42.5 Å². The van der Waals surface area contributed by atoms with Crippen LogP contribution < -0.4 is 0 Å². The molecule has 1 atom stereocenters. The highest BCUT2D eigenvalue weighted by Gasteiger charge is 2.38. The van der Waals surface area contributed by atoms with Crippen LogP contribution >= 0.6 is 0 Å². The zero-order chi connectivity index (χ0) is 17.4. The summed E-state index contributed by atoms with van der Waals surface area (Å²) in [5.41, 5.74) is 1.91. The minimum absolute atomic E-state index is 0.0405. The van der Waals surface area contributed by atoms with Crippen molar-refractivity contribution in [2.24, 2.45) is 0 Å². The predicted molar refractivity (Wildman–Crippen MR) is 95.4 cm³/mol. The molecule has 2 aromatic rings. The van der Waals surface area contributed by atoms with E-state index in [9.17, 15) is 15.0 Å². The Hall–Kier alpha value is -2.37. The number of para-hydroxylation sites is 1. The molecule has 25 heavy (non-hydrogen) atoms. The summed E-state index contributed by atoms with van der Waals surface area (Å²) in [4.78, 5) is 16.8. The number of nitrogens with zero attached hydrogens (tertiary/aromatic N) is 2. The summed E-state index contributed by atoms with van der Waals surface area (Å²) in [5.74, 6) is -0.0926. The standard InChI is InChI=1S/C20H22N2O3/c23-16-9-10-21(13-16)15-11-22(12-15)20(25)18-8-4-7-17(19(18)24)14-5-2-1-3-6-14/h1-8,15-16,23-24H,9-13H2. The van der Waals surface area contributed by atoms with Crippen molar-refractivity contribution < 1.29 is 15.0 Å². The van der Waals surface area contributed by atoms with E-state index in [-0.39, 0.29) is 17.8 Å². The molecule has 2 fully saturated rings. The van der Waals surface area contributed by atoms with E-state index in [0.29, 0.717) is 36.8 Å². The second-order valence-electron chi connectivity index (χ2n) is 6.87. The lowest BCUT2D eigenvalue weighted by Gasteiger charge is -2.44. The van der Waals surface area contributed by atoms with Crippen molar-refractivity contribution in [1.29, 1.82) is 0 Å². The lowest BCUT2D eigenvalue weighted by atomic mass is 9.99. The number of aliphatic hydroxyl groups excluding tert-OH is 1. The van der Waals surface area contributed by atoms with Gasteiger partial charge < -0.3 is 15.1 Å². The number of phenolic OH excluding ortho intramolecular Hbond substituents is 1. The summed E-state index contributed by atoms with van der Waals surface area (Å²) < 4.78 is 0. The van der Waals surface area contributed by atoms with Crippen LogP contribution in [0.5, 0.6) is 5.75 Å². The van der Waals surface area contributed by atoms with Crippen molar-refractivity contribution in [1.82, 2.24) is 9.80 Å². The third-order valence-corrected chi connectivity index (χ3v) is 5.21. The van der Waals surface area contributed by atoms with E-state index in [1.165, 1.54) is 0 Å². The Morgan fingerprint density at radius 1 is 1.00 bits per heavy atom. The highest BCUT2D eigenvalue weighted by atomic mass is 16.3. The largest absolute Gasteiger partial charge is 0.506 e. The van der Waals surface area contributed by atoms with Gasteiger partial charge in [-0.25, -0.2) is 0 Å². The quantitative estimate of drug-likeness (QED) is 0.898. The highest BCUT2D eigenvalue weighted by molar-refractivity contribution is 5.99. The summed E-state index contributed by atoms with van der Waals surface area (Å²) in [6.45, 7) is 2.89. The van der Waals surface area contributed by atoms with Crippen molar-refractivity contribution in [3.8, 4) is 16.9 Å². The van der Waals surface area contributed by atoms with Crippen LogP contribution in [0.1, 0.15) is 16.8 Å². The number of β-amino-alcohol motifs (C(OH)–C–C–N with tert-alkyl or cyclic N) is 1. The van der Waals surface area contributed by atoms with Crippen LogP contribution in [0.3, 0.4) is 0 Å². The van der Waals surface area contributed by atoms with Gasteiger partial charge in [-0.1, -0.05) is 42.5 Å². The van der Waals surface area contributed by atoms with Gasteiger partial charge in [0.2, 0.25) is 0 Å².